The Kier molecular flexibility index (Phi) is 4.13. The van der Waals surface area contributed by atoms with Gasteiger partial charge in [0, 0.05) is 24.3 Å². The molecular weight excluding hydrogens is 357 g/mol. The van der Waals surface area contributed by atoms with Gasteiger partial charge in [-0.15, -0.1) is 0 Å². The lowest BCUT2D eigenvalue weighted by Gasteiger charge is -2.38. The number of amides is 1. The smallest absolute Gasteiger partial charge is 0.338 e. The zero-order valence-corrected chi connectivity index (χ0v) is 14.6. The van der Waals surface area contributed by atoms with Gasteiger partial charge in [-0.1, -0.05) is 12.1 Å². The summed E-state index contributed by atoms with van der Waals surface area (Å²) in [6, 6.07) is 7.05. The molecule has 1 aliphatic heterocycles. The molecular formula is C19H17F3N4O. The average Bonchev–Trinajstić information content (AvgIpc) is 3.02. The number of benzene rings is 1. The van der Waals surface area contributed by atoms with Crippen molar-refractivity contribution in [3.05, 3.63) is 48.3 Å². The van der Waals surface area contributed by atoms with Crippen molar-refractivity contribution >= 4 is 16.9 Å². The van der Waals surface area contributed by atoms with Gasteiger partial charge in [0.1, 0.15) is 12.1 Å². The molecule has 1 fully saturated rings. The molecule has 0 unspecified atom stereocenters. The van der Waals surface area contributed by atoms with Gasteiger partial charge in [-0.05, 0) is 37.1 Å². The number of nitrogens with zero attached hydrogens (tertiary/aromatic N) is 4. The maximum absolute atomic E-state index is 13.0. The van der Waals surface area contributed by atoms with Gasteiger partial charge in [0.2, 0.25) is 5.91 Å². The maximum Gasteiger partial charge on any atom is 0.416 e. The van der Waals surface area contributed by atoms with Crippen molar-refractivity contribution in [3.63, 3.8) is 0 Å². The van der Waals surface area contributed by atoms with Crippen molar-refractivity contribution in [3.8, 4) is 11.1 Å². The Morgan fingerprint density at radius 1 is 1.22 bits per heavy atom. The monoisotopic (exact) mass is 374 g/mol. The number of likely N-dealkylation sites (tertiary alicyclic amines) is 1. The van der Waals surface area contributed by atoms with Crippen LogP contribution in [0.5, 0.6) is 0 Å². The Morgan fingerprint density at radius 3 is 2.70 bits per heavy atom. The largest absolute Gasteiger partial charge is 0.416 e. The fraction of sp³-hybridized carbons (Fsp3) is 0.316. The quantitative estimate of drug-likeness (QED) is 0.702. The molecule has 1 saturated heterocycles. The highest BCUT2D eigenvalue weighted by Crippen LogP contribution is 2.32. The number of alkyl halides is 3. The van der Waals surface area contributed by atoms with Crippen LogP contribution < -0.4 is 0 Å². The normalized spacial score (nSPS) is 17.2. The summed E-state index contributed by atoms with van der Waals surface area (Å²) < 4.78 is 40.5. The van der Waals surface area contributed by atoms with Crippen LogP contribution in [0.15, 0.2) is 42.7 Å². The number of fused-ring (bicyclic) bond motifs is 1. The summed E-state index contributed by atoms with van der Waals surface area (Å²) in [5.41, 5.74) is 1.45. The molecule has 1 amide bonds. The summed E-state index contributed by atoms with van der Waals surface area (Å²) in [5, 5.41) is 4.22. The second kappa shape index (κ2) is 6.37. The predicted octanol–water partition coefficient (Wildman–Crippen LogP) is 3.74. The Hall–Kier alpha value is -2.90. The number of carbonyl (C=O) groups excluding carboxylic acids is 1. The summed E-state index contributed by atoms with van der Waals surface area (Å²) in [6.07, 6.45) is -0.344. The van der Waals surface area contributed by atoms with E-state index in [0.29, 0.717) is 22.2 Å². The summed E-state index contributed by atoms with van der Waals surface area (Å²) in [7, 11) is 0. The minimum atomic E-state index is -4.41. The number of halogens is 3. The van der Waals surface area contributed by atoms with E-state index in [-0.39, 0.29) is 18.5 Å². The molecule has 4 rings (SSSR count). The predicted molar refractivity (Wildman–Crippen MR) is 93.8 cm³/mol. The van der Waals surface area contributed by atoms with Gasteiger partial charge < -0.3 is 4.90 Å². The van der Waals surface area contributed by atoms with E-state index >= 15 is 0 Å². The van der Waals surface area contributed by atoms with Crippen molar-refractivity contribution in [2.45, 2.75) is 32.1 Å². The van der Waals surface area contributed by atoms with Crippen molar-refractivity contribution in [1.82, 2.24) is 19.7 Å². The first-order valence-electron chi connectivity index (χ1n) is 8.61. The second-order valence-corrected chi connectivity index (χ2v) is 6.73. The Bertz CT molecular complexity index is 1010. The van der Waals surface area contributed by atoms with E-state index in [1.165, 1.54) is 12.3 Å². The maximum atomic E-state index is 13.0. The molecule has 0 bridgehead atoms. The number of hydrogen-bond acceptors (Lipinski definition) is 3. The van der Waals surface area contributed by atoms with Gasteiger partial charge in [-0.25, -0.2) is 0 Å². The van der Waals surface area contributed by atoms with E-state index in [0.717, 1.165) is 25.1 Å². The van der Waals surface area contributed by atoms with Crippen molar-refractivity contribution in [1.29, 1.82) is 0 Å². The van der Waals surface area contributed by atoms with E-state index in [2.05, 4.69) is 10.1 Å². The van der Waals surface area contributed by atoms with Crippen LogP contribution in [0.2, 0.25) is 0 Å². The molecule has 8 heteroatoms. The summed E-state index contributed by atoms with van der Waals surface area (Å²) in [4.78, 5) is 18.4. The third-order valence-electron chi connectivity index (χ3n) is 4.94. The summed E-state index contributed by atoms with van der Waals surface area (Å²) in [5.74, 6) is -0.0248. The number of aromatic nitrogens is 3. The minimum Gasteiger partial charge on any atom is -0.338 e. The van der Waals surface area contributed by atoms with Crippen molar-refractivity contribution in [2.75, 3.05) is 6.54 Å². The lowest BCUT2D eigenvalue weighted by molar-refractivity contribution is -0.139. The van der Waals surface area contributed by atoms with Gasteiger partial charge in [-0.2, -0.15) is 18.3 Å². The van der Waals surface area contributed by atoms with Crippen LogP contribution in [0.4, 0.5) is 13.2 Å². The fourth-order valence-electron chi connectivity index (χ4n) is 3.22. The lowest BCUT2D eigenvalue weighted by Crippen LogP contribution is -2.50. The lowest BCUT2D eigenvalue weighted by atomic mass is 10.0. The standard InChI is InChI=1S/C19H17F3N4O/c1-12-5-6-25(12)18(27)11-26-17-8-14(9-23-16(17)10-24-26)13-3-2-4-15(7-13)19(20,21)22/h2-4,7-10,12H,5-6,11H2,1H3/t12-/m1/s1. The van der Waals surface area contributed by atoms with Crippen LogP contribution in [0, 0.1) is 0 Å². The van der Waals surface area contributed by atoms with Gasteiger partial charge in [0.25, 0.3) is 0 Å². The molecule has 1 aromatic carbocycles. The van der Waals surface area contributed by atoms with Gasteiger partial charge in [-0.3, -0.25) is 14.5 Å². The van der Waals surface area contributed by atoms with Crippen LogP contribution in [0.3, 0.4) is 0 Å². The Balaban J connectivity index is 1.67. The van der Waals surface area contributed by atoms with E-state index < -0.39 is 11.7 Å². The van der Waals surface area contributed by atoms with Crippen molar-refractivity contribution in [2.24, 2.45) is 0 Å². The Labute approximate surface area is 153 Å². The third kappa shape index (κ3) is 3.27. The number of carbonyl (C=O) groups is 1. The van der Waals surface area contributed by atoms with E-state index in [9.17, 15) is 18.0 Å². The van der Waals surface area contributed by atoms with Crippen LogP contribution in [-0.4, -0.2) is 38.2 Å². The van der Waals surface area contributed by atoms with Crippen LogP contribution in [0.25, 0.3) is 22.2 Å². The first kappa shape index (κ1) is 17.5. The van der Waals surface area contributed by atoms with Crippen LogP contribution >= 0.6 is 0 Å². The average molecular weight is 374 g/mol. The molecule has 1 aliphatic rings. The molecule has 0 aliphatic carbocycles. The minimum absolute atomic E-state index is 0.0248. The molecule has 1 atom stereocenters. The fourth-order valence-corrected chi connectivity index (χ4v) is 3.22. The zero-order chi connectivity index (χ0) is 19.2. The molecule has 0 N–H and O–H groups in total. The molecule has 3 heterocycles. The van der Waals surface area contributed by atoms with E-state index in [1.54, 1.807) is 27.9 Å². The van der Waals surface area contributed by atoms with Gasteiger partial charge in [0.05, 0.1) is 17.3 Å². The second-order valence-electron chi connectivity index (χ2n) is 6.73. The SMILES string of the molecule is C[C@@H]1CCN1C(=O)Cn1ncc2ncc(-c3cccc(C(F)(F)F)c3)cc21. The summed E-state index contributed by atoms with van der Waals surface area (Å²) in [6.45, 7) is 2.82. The highest BCUT2D eigenvalue weighted by Gasteiger charge is 2.31. The zero-order valence-electron chi connectivity index (χ0n) is 14.6. The van der Waals surface area contributed by atoms with Crippen molar-refractivity contribution < 1.29 is 18.0 Å². The van der Waals surface area contributed by atoms with Crippen LogP contribution in [0.1, 0.15) is 18.9 Å². The molecule has 0 radical (unpaired) electrons. The molecule has 0 saturated carbocycles. The molecule has 0 spiro atoms. The van der Waals surface area contributed by atoms with Gasteiger partial charge >= 0.3 is 6.18 Å². The molecule has 5 nitrogen and oxygen atoms in total. The van der Waals surface area contributed by atoms with Crippen LogP contribution in [-0.2, 0) is 17.5 Å². The molecule has 3 aromatic rings. The number of hydrogen-bond donors (Lipinski definition) is 0. The van der Waals surface area contributed by atoms with Gasteiger partial charge in [0.15, 0.2) is 0 Å². The number of pyridine rings is 1. The van der Waals surface area contributed by atoms with E-state index in [1.807, 2.05) is 6.92 Å². The first-order chi connectivity index (χ1) is 12.8. The highest BCUT2D eigenvalue weighted by molar-refractivity contribution is 5.83. The number of rotatable bonds is 3. The molecule has 2 aromatic heterocycles. The highest BCUT2D eigenvalue weighted by atomic mass is 19.4. The third-order valence-corrected chi connectivity index (χ3v) is 4.94. The topological polar surface area (TPSA) is 51.0 Å². The van der Waals surface area contributed by atoms with E-state index in [4.69, 9.17) is 0 Å². The summed E-state index contributed by atoms with van der Waals surface area (Å²) >= 11 is 0. The molecule has 27 heavy (non-hydrogen) atoms. The Morgan fingerprint density at radius 2 is 2.04 bits per heavy atom. The first-order valence-corrected chi connectivity index (χ1v) is 8.61. The molecule has 140 valence electrons.